The number of aromatic amines is 1. The van der Waals surface area contributed by atoms with E-state index in [1.807, 2.05) is 42.5 Å². The minimum atomic E-state index is -1.26. The van der Waals surface area contributed by atoms with E-state index in [9.17, 15) is 18.4 Å². The number of hydrogen-bond donors (Lipinski definition) is 3. The van der Waals surface area contributed by atoms with E-state index in [2.05, 4.69) is 20.0 Å². The highest BCUT2D eigenvalue weighted by Crippen LogP contribution is 2.31. The van der Waals surface area contributed by atoms with Crippen molar-refractivity contribution in [2.75, 3.05) is 44.7 Å². The van der Waals surface area contributed by atoms with Crippen LogP contribution in [0.3, 0.4) is 0 Å². The largest absolute Gasteiger partial charge is 0.497 e. The molecule has 1 aliphatic heterocycles. The van der Waals surface area contributed by atoms with Crippen molar-refractivity contribution in [2.45, 2.75) is 18.8 Å². The number of rotatable bonds is 10. The van der Waals surface area contributed by atoms with Gasteiger partial charge in [0.1, 0.15) is 23.2 Å². The smallest absolute Gasteiger partial charge is 0.328 e. The van der Waals surface area contributed by atoms with Crippen LogP contribution in [0.1, 0.15) is 29.9 Å². The Bertz CT molecular complexity index is 1470. The number of carboxylic acid groups (broad SMARTS) is 2. The number of H-pyrrole nitrogens is 1. The fourth-order valence-electron chi connectivity index (χ4n) is 5.12. The number of nitrogens with zero attached hydrogens (tertiary/aromatic N) is 3. The standard InChI is InChI=1S/C28H30F2N4O.C4H4O4/c1-35-24-12-13-27-26(19-24)28(32-31-27)34-17-15-33(16-18-34)14-2-3-25(20-4-8-22(29)9-5-20)21-6-10-23(30)11-7-21;5-3(6)1-2-4(7)8/h4-13,19,25H,2-3,14-18H2,1H3,(H,31,32);1-2H,(H,5,6)(H,7,8)/b;2-1+. The van der Waals surface area contributed by atoms with E-state index in [1.54, 1.807) is 7.11 Å². The summed E-state index contributed by atoms with van der Waals surface area (Å²) in [7, 11) is 1.68. The van der Waals surface area contributed by atoms with Crippen LogP contribution in [0.4, 0.5) is 14.6 Å². The van der Waals surface area contributed by atoms with Gasteiger partial charge in [0.05, 0.1) is 12.6 Å². The highest BCUT2D eigenvalue weighted by molar-refractivity contribution is 5.91. The zero-order chi connectivity index (χ0) is 30.8. The van der Waals surface area contributed by atoms with E-state index < -0.39 is 11.9 Å². The van der Waals surface area contributed by atoms with E-state index in [1.165, 1.54) is 24.3 Å². The molecule has 2 heterocycles. The summed E-state index contributed by atoms with van der Waals surface area (Å²) < 4.78 is 32.4. The molecule has 0 amide bonds. The topological polar surface area (TPSA) is 119 Å². The first-order valence-corrected chi connectivity index (χ1v) is 13.9. The highest BCUT2D eigenvalue weighted by Gasteiger charge is 2.21. The second-order valence-electron chi connectivity index (χ2n) is 10.1. The van der Waals surface area contributed by atoms with Crippen molar-refractivity contribution in [3.8, 4) is 5.75 Å². The number of nitrogens with one attached hydrogen (secondary N) is 1. The maximum atomic E-state index is 13.5. The van der Waals surface area contributed by atoms with Crippen LogP contribution >= 0.6 is 0 Å². The molecule has 11 heteroatoms. The first-order valence-electron chi connectivity index (χ1n) is 13.9. The van der Waals surface area contributed by atoms with Gasteiger partial charge in [-0.3, -0.25) is 10.00 Å². The maximum absolute atomic E-state index is 13.5. The van der Waals surface area contributed by atoms with Gasteiger partial charge in [-0.05, 0) is 73.0 Å². The molecular weight excluding hydrogens is 558 g/mol. The SMILES string of the molecule is COc1ccc2n[nH]c(N3CCN(CCCC(c4ccc(F)cc4)c4ccc(F)cc4)CC3)c2c1.O=C(O)/C=C/C(=O)O. The van der Waals surface area contributed by atoms with Gasteiger partial charge >= 0.3 is 11.9 Å². The maximum Gasteiger partial charge on any atom is 0.328 e. The van der Waals surface area contributed by atoms with Crippen molar-refractivity contribution in [2.24, 2.45) is 0 Å². The molecule has 1 aromatic heterocycles. The molecule has 0 saturated carbocycles. The Morgan fingerprint density at radius 1 is 0.907 bits per heavy atom. The molecule has 1 aliphatic rings. The lowest BCUT2D eigenvalue weighted by Crippen LogP contribution is -2.46. The molecule has 0 radical (unpaired) electrons. The number of fused-ring (bicyclic) bond motifs is 1. The number of methoxy groups -OCH3 is 1. The lowest BCUT2D eigenvalue weighted by molar-refractivity contribution is -0.134. The van der Waals surface area contributed by atoms with Crippen molar-refractivity contribution in [3.63, 3.8) is 0 Å². The van der Waals surface area contributed by atoms with E-state index >= 15 is 0 Å². The lowest BCUT2D eigenvalue weighted by atomic mass is 9.87. The predicted octanol–water partition coefficient (Wildman–Crippen LogP) is 5.30. The zero-order valence-corrected chi connectivity index (χ0v) is 23.7. The predicted molar refractivity (Wildman–Crippen MR) is 160 cm³/mol. The summed E-state index contributed by atoms with van der Waals surface area (Å²) >= 11 is 0. The summed E-state index contributed by atoms with van der Waals surface area (Å²) in [5.41, 5.74) is 3.06. The highest BCUT2D eigenvalue weighted by atomic mass is 19.1. The van der Waals surface area contributed by atoms with Crippen LogP contribution in [0.15, 0.2) is 78.9 Å². The molecule has 0 unspecified atom stereocenters. The van der Waals surface area contributed by atoms with Crippen molar-refractivity contribution >= 4 is 28.7 Å². The van der Waals surface area contributed by atoms with Gasteiger partial charge in [0.15, 0.2) is 0 Å². The number of carboxylic acids is 2. The fraction of sp³-hybridized carbons (Fsp3) is 0.281. The minimum Gasteiger partial charge on any atom is -0.497 e. The van der Waals surface area contributed by atoms with E-state index in [4.69, 9.17) is 14.9 Å². The summed E-state index contributed by atoms with van der Waals surface area (Å²) in [6, 6.07) is 19.3. The van der Waals surface area contributed by atoms with E-state index in [0.29, 0.717) is 12.2 Å². The average Bonchev–Trinajstić information content (AvgIpc) is 3.43. The summed E-state index contributed by atoms with van der Waals surface area (Å²) in [6.45, 7) is 4.79. The Morgan fingerprint density at radius 2 is 1.47 bits per heavy atom. The van der Waals surface area contributed by atoms with Gasteiger partial charge in [-0.1, -0.05) is 24.3 Å². The van der Waals surface area contributed by atoms with Crippen LogP contribution in [0.25, 0.3) is 10.9 Å². The Balaban J connectivity index is 0.000000467. The third-order valence-corrected chi connectivity index (χ3v) is 7.31. The van der Waals surface area contributed by atoms with Gasteiger partial charge in [-0.2, -0.15) is 5.10 Å². The van der Waals surface area contributed by atoms with Crippen LogP contribution in [-0.2, 0) is 9.59 Å². The third-order valence-electron chi connectivity index (χ3n) is 7.31. The van der Waals surface area contributed by atoms with Gasteiger partial charge in [-0.25, -0.2) is 18.4 Å². The molecule has 5 rings (SSSR count). The molecule has 9 nitrogen and oxygen atoms in total. The zero-order valence-electron chi connectivity index (χ0n) is 23.7. The summed E-state index contributed by atoms with van der Waals surface area (Å²) in [5, 5.41) is 24.4. The normalized spacial score (nSPS) is 13.7. The summed E-state index contributed by atoms with van der Waals surface area (Å²) in [6.07, 6.45) is 3.04. The number of hydrogen-bond acceptors (Lipinski definition) is 6. The molecule has 3 N–H and O–H groups in total. The molecule has 43 heavy (non-hydrogen) atoms. The van der Waals surface area contributed by atoms with E-state index in [0.717, 1.165) is 79.2 Å². The minimum absolute atomic E-state index is 0.115. The second kappa shape index (κ2) is 14.9. The monoisotopic (exact) mass is 592 g/mol. The van der Waals surface area contributed by atoms with Crippen molar-refractivity contribution in [3.05, 3.63) is 102 Å². The van der Waals surface area contributed by atoms with Crippen LogP contribution in [-0.4, -0.2) is 77.1 Å². The summed E-state index contributed by atoms with van der Waals surface area (Å²) in [4.78, 5) is 23.9. The number of piperazine rings is 1. The fourth-order valence-corrected chi connectivity index (χ4v) is 5.12. The molecule has 0 atom stereocenters. The van der Waals surface area contributed by atoms with Crippen molar-refractivity contribution < 1.29 is 33.3 Å². The van der Waals surface area contributed by atoms with Crippen molar-refractivity contribution in [1.29, 1.82) is 0 Å². The Labute approximate surface area is 248 Å². The number of anilines is 1. The van der Waals surface area contributed by atoms with E-state index in [-0.39, 0.29) is 17.6 Å². The van der Waals surface area contributed by atoms with Gasteiger partial charge in [-0.15, -0.1) is 0 Å². The van der Waals surface area contributed by atoms with Gasteiger partial charge in [0, 0.05) is 49.6 Å². The van der Waals surface area contributed by atoms with Crippen LogP contribution in [0.2, 0.25) is 0 Å². The molecule has 226 valence electrons. The number of halogens is 2. The number of carbonyl (C=O) groups is 2. The molecule has 4 aromatic rings. The lowest BCUT2D eigenvalue weighted by Gasteiger charge is -2.35. The van der Waals surface area contributed by atoms with Gasteiger partial charge < -0.3 is 19.8 Å². The number of benzene rings is 3. The number of aliphatic carboxylic acids is 2. The van der Waals surface area contributed by atoms with Crippen LogP contribution in [0.5, 0.6) is 5.75 Å². The molecule has 0 bridgehead atoms. The van der Waals surface area contributed by atoms with Crippen molar-refractivity contribution in [1.82, 2.24) is 15.1 Å². The second-order valence-corrected chi connectivity index (χ2v) is 10.1. The first-order chi connectivity index (χ1) is 20.7. The summed E-state index contributed by atoms with van der Waals surface area (Å²) in [5.74, 6) is -1.01. The van der Waals surface area contributed by atoms with Crippen LogP contribution in [0, 0.1) is 11.6 Å². The number of ether oxygens (including phenoxy) is 1. The molecule has 1 saturated heterocycles. The first kappa shape index (κ1) is 31.2. The van der Waals surface area contributed by atoms with Gasteiger partial charge in [0.25, 0.3) is 0 Å². The molecular formula is C32H34F2N4O5. The Hall–Kier alpha value is -4.77. The molecule has 0 spiro atoms. The molecule has 0 aliphatic carbocycles. The molecule has 1 fully saturated rings. The average molecular weight is 593 g/mol. The quantitative estimate of drug-likeness (QED) is 0.213. The van der Waals surface area contributed by atoms with Crippen LogP contribution < -0.4 is 9.64 Å². The Morgan fingerprint density at radius 3 is 1.98 bits per heavy atom. The third kappa shape index (κ3) is 8.86. The Kier molecular flexibility index (Phi) is 10.8. The molecule has 3 aromatic carbocycles. The van der Waals surface area contributed by atoms with Gasteiger partial charge in [0.2, 0.25) is 0 Å². The number of aromatic nitrogens is 2.